The maximum Gasteiger partial charge on any atom is 0.334 e. The first-order valence-electron chi connectivity index (χ1n) is 4.84. The van der Waals surface area contributed by atoms with Crippen molar-refractivity contribution in [3.05, 3.63) is 29.8 Å². The summed E-state index contributed by atoms with van der Waals surface area (Å²) < 4.78 is 4.99. The number of nitrogens with two attached hydrogens (primary N) is 1. The number of carboxylic acid groups (broad SMARTS) is 1. The predicted molar refractivity (Wildman–Crippen MR) is 58.3 cm³/mol. The number of aliphatic hydroxyl groups excluding tert-OH is 1. The van der Waals surface area contributed by atoms with E-state index >= 15 is 0 Å². The summed E-state index contributed by atoms with van der Waals surface area (Å²) in [4.78, 5) is 10.5. The molecule has 0 amide bonds. The summed E-state index contributed by atoms with van der Waals surface area (Å²) in [6.45, 7) is 0. The van der Waals surface area contributed by atoms with Crippen molar-refractivity contribution in [2.24, 2.45) is 5.73 Å². The van der Waals surface area contributed by atoms with Crippen molar-refractivity contribution in [2.75, 3.05) is 7.11 Å². The second-order valence-corrected chi connectivity index (χ2v) is 3.50. The zero-order chi connectivity index (χ0) is 12.1. The van der Waals surface area contributed by atoms with Gasteiger partial charge < -0.3 is 20.7 Å². The highest BCUT2D eigenvalue weighted by atomic mass is 16.5. The van der Waals surface area contributed by atoms with Gasteiger partial charge in [0.1, 0.15) is 5.75 Å². The molecule has 0 saturated heterocycles. The third kappa shape index (κ3) is 3.22. The first-order valence-corrected chi connectivity index (χ1v) is 4.84. The van der Waals surface area contributed by atoms with Crippen LogP contribution in [-0.2, 0) is 11.2 Å². The lowest BCUT2D eigenvalue weighted by Crippen LogP contribution is -2.41. The molecule has 0 spiro atoms. The van der Waals surface area contributed by atoms with Gasteiger partial charge in [0, 0.05) is 6.04 Å². The largest absolute Gasteiger partial charge is 0.497 e. The summed E-state index contributed by atoms with van der Waals surface area (Å²) in [7, 11) is 1.56. The van der Waals surface area contributed by atoms with Crippen molar-refractivity contribution in [1.82, 2.24) is 0 Å². The van der Waals surface area contributed by atoms with Crippen molar-refractivity contribution in [3.63, 3.8) is 0 Å². The van der Waals surface area contributed by atoms with E-state index in [1.165, 1.54) is 0 Å². The van der Waals surface area contributed by atoms with Crippen LogP contribution >= 0.6 is 0 Å². The molecule has 0 unspecified atom stereocenters. The van der Waals surface area contributed by atoms with Gasteiger partial charge in [0.15, 0.2) is 6.10 Å². The molecule has 0 heterocycles. The zero-order valence-corrected chi connectivity index (χ0v) is 8.96. The molecule has 5 nitrogen and oxygen atoms in total. The van der Waals surface area contributed by atoms with E-state index in [1.54, 1.807) is 31.4 Å². The molecule has 0 aliphatic carbocycles. The second-order valence-electron chi connectivity index (χ2n) is 3.50. The third-order valence-electron chi connectivity index (χ3n) is 2.29. The van der Waals surface area contributed by atoms with Crippen molar-refractivity contribution in [2.45, 2.75) is 18.6 Å². The molecule has 2 atom stereocenters. The summed E-state index contributed by atoms with van der Waals surface area (Å²) in [5, 5.41) is 17.8. The quantitative estimate of drug-likeness (QED) is 0.656. The van der Waals surface area contributed by atoms with E-state index in [-0.39, 0.29) is 0 Å². The highest BCUT2D eigenvalue weighted by molar-refractivity contribution is 5.72. The zero-order valence-electron chi connectivity index (χ0n) is 8.96. The molecule has 1 aromatic rings. The summed E-state index contributed by atoms with van der Waals surface area (Å²) >= 11 is 0. The van der Waals surface area contributed by atoms with Crippen LogP contribution in [0.4, 0.5) is 0 Å². The Morgan fingerprint density at radius 1 is 1.44 bits per heavy atom. The molecule has 1 aromatic carbocycles. The number of aliphatic hydroxyl groups is 1. The van der Waals surface area contributed by atoms with Gasteiger partial charge in [0.05, 0.1) is 7.11 Å². The van der Waals surface area contributed by atoms with E-state index in [1.807, 2.05) is 0 Å². The molecule has 0 fully saturated rings. The fourth-order valence-electron chi connectivity index (χ4n) is 1.33. The molecule has 4 N–H and O–H groups in total. The van der Waals surface area contributed by atoms with Gasteiger partial charge >= 0.3 is 5.97 Å². The molecule has 88 valence electrons. The molecular formula is C11H15NO4. The fraction of sp³-hybridized carbons (Fsp3) is 0.364. The van der Waals surface area contributed by atoms with Gasteiger partial charge in [-0.1, -0.05) is 12.1 Å². The minimum absolute atomic E-state index is 0.303. The van der Waals surface area contributed by atoms with Crippen LogP contribution in [0.25, 0.3) is 0 Å². The Kier molecular flexibility index (Phi) is 4.28. The van der Waals surface area contributed by atoms with E-state index in [9.17, 15) is 9.90 Å². The van der Waals surface area contributed by atoms with Crippen LogP contribution in [0.1, 0.15) is 5.56 Å². The first-order chi connectivity index (χ1) is 7.54. The van der Waals surface area contributed by atoms with Crippen molar-refractivity contribution in [1.29, 1.82) is 0 Å². The fourth-order valence-corrected chi connectivity index (χ4v) is 1.33. The topological polar surface area (TPSA) is 92.8 Å². The van der Waals surface area contributed by atoms with Crippen molar-refractivity contribution in [3.8, 4) is 5.75 Å². The summed E-state index contributed by atoms with van der Waals surface area (Å²) in [5.41, 5.74) is 6.41. The van der Waals surface area contributed by atoms with Gasteiger partial charge in [-0.15, -0.1) is 0 Å². The van der Waals surface area contributed by atoms with Crippen molar-refractivity contribution < 1.29 is 19.7 Å². The number of carbonyl (C=O) groups is 1. The molecule has 0 aromatic heterocycles. The van der Waals surface area contributed by atoms with Crippen LogP contribution in [0, 0.1) is 0 Å². The first kappa shape index (κ1) is 12.5. The third-order valence-corrected chi connectivity index (χ3v) is 2.29. The van der Waals surface area contributed by atoms with Gasteiger partial charge in [0.2, 0.25) is 0 Å². The van der Waals surface area contributed by atoms with Crippen LogP contribution in [0.2, 0.25) is 0 Å². The Hall–Kier alpha value is -1.59. The average Bonchev–Trinajstić information content (AvgIpc) is 2.28. The molecule has 1 rings (SSSR count). The van der Waals surface area contributed by atoms with Gasteiger partial charge in [-0.25, -0.2) is 4.79 Å². The summed E-state index contributed by atoms with van der Waals surface area (Å²) in [6, 6.07) is 6.27. The molecule has 0 radical (unpaired) electrons. The number of hydrogen-bond acceptors (Lipinski definition) is 4. The number of hydrogen-bond donors (Lipinski definition) is 3. The number of benzene rings is 1. The van der Waals surface area contributed by atoms with Gasteiger partial charge in [-0.3, -0.25) is 0 Å². The van der Waals surface area contributed by atoms with E-state index in [4.69, 9.17) is 15.6 Å². The Morgan fingerprint density at radius 3 is 2.44 bits per heavy atom. The number of carboxylic acids is 1. The predicted octanol–water partition coefficient (Wildman–Crippen LogP) is 0.0105. The normalized spacial score (nSPS) is 14.2. The van der Waals surface area contributed by atoms with Crippen LogP contribution in [0.15, 0.2) is 24.3 Å². The van der Waals surface area contributed by atoms with Gasteiger partial charge in [-0.05, 0) is 24.1 Å². The summed E-state index contributed by atoms with van der Waals surface area (Å²) in [6.07, 6.45) is -1.24. The molecule has 0 saturated carbocycles. The maximum absolute atomic E-state index is 10.5. The lowest BCUT2D eigenvalue weighted by molar-refractivity contribution is -0.147. The minimum atomic E-state index is -1.54. The van der Waals surface area contributed by atoms with Crippen LogP contribution in [-0.4, -0.2) is 35.4 Å². The highest BCUT2D eigenvalue weighted by Crippen LogP contribution is 2.13. The van der Waals surface area contributed by atoms with Gasteiger partial charge in [0.25, 0.3) is 0 Å². The van der Waals surface area contributed by atoms with E-state index < -0.39 is 18.1 Å². The monoisotopic (exact) mass is 225 g/mol. The van der Waals surface area contributed by atoms with Crippen molar-refractivity contribution >= 4 is 5.97 Å². The lowest BCUT2D eigenvalue weighted by atomic mass is 10.0. The maximum atomic E-state index is 10.5. The molecule has 16 heavy (non-hydrogen) atoms. The van der Waals surface area contributed by atoms with E-state index in [2.05, 4.69) is 0 Å². The highest BCUT2D eigenvalue weighted by Gasteiger charge is 2.22. The second kappa shape index (κ2) is 5.48. The Morgan fingerprint density at radius 2 is 2.00 bits per heavy atom. The number of rotatable bonds is 5. The number of methoxy groups -OCH3 is 1. The van der Waals surface area contributed by atoms with E-state index in [0.29, 0.717) is 6.42 Å². The Labute approximate surface area is 93.5 Å². The molecule has 5 heteroatoms. The lowest BCUT2D eigenvalue weighted by Gasteiger charge is -2.14. The SMILES string of the molecule is COc1ccc(C[C@H](N)[C@@H](O)C(=O)O)cc1. The molecule has 0 aliphatic heterocycles. The molecule has 0 aliphatic rings. The standard InChI is InChI=1S/C11H15NO4/c1-16-8-4-2-7(3-5-8)6-9(12)10(13)11(14)15/h2-5,9-10,13H,6,12H2,1H3,(H,14,15)/t9-,10+/m0/s1. The van der Waals surface area contributed by atoms with E-state index in [0.717, 1.165) is 11.3 Å². The van der Waals surface area contributed by atoms with Crippen LogP contribution in [0.5, 0.6) is 5.75 Å². The number of ether oxygens (including phenoxy) is 1. The minimum Gasteiger partial charge on any atom is -0.497 e. The molecule has 0 bridgehead atoms. The number of aliphatic carboxylic acids is 1. The Bertz CT molecular complexity index is 350. The average molecular weight is 225 g/mol. The van der Waals surface area contributed by atoms with Crippen LogP contribution in [0.3, 0.4) is 0 Å². The van der Waals surface area contributed by atoms with Gasteiger partial charge in [-0.2, -0.15) is 0 Å². The molecular weight excluding hydrogens is 210 g/mol. The summed E-state index contributed by atoms with van der Waals surface area (Å²) in [5.74, 6) is -0.586. The Balaban J connectivity index is 2.62. The smallest absolute Gasteiger partial charge is 0.334 e. The van der Waals surface area contributed by atoms with Crippen LogP contribution < -0.4 is 10.5 Å².